The second kappa shape index (κ2) is 4.25. The van der Waals surface area contributed by atoms with Crippen LogP contribution in [-0.2, 0) is 4.74 Å². The maximum absolute atomic E-state index is 10.1. The van der Waals surface area contributed by atoms with Crippen LogP contribution in [-0.4, -0.2) is 11.7 Å². The van der Waals surface area contributed by atoms with Crippen molar-refractivity contribution < 1.29 is 9.84 Å². The zero-order valence-corrected chi connectivity index (χ0v) is 9.29. The van der Waals surface area contributed by atoms with Crippen LogP contribution in [0.5, 0.6) is 0 Å². The van der Waals surface area contributed by atoms with Crippen LogP contribution in [0.2, 0.25) is 5.02 Å². The summed E-state index contributed by atoms with van der Waals surface area (Å²) in [7, 11) is 0. The Labute approximate surface area is 94.1 Å². The zero-order chi connectivity index (χ0) is 10.8. The smallest absolute Gasteiger partial charge is 0.136 e. The molecule has 0 spiro atoms. The van der Waals surface area contributed by atoms with Crippen LogP contribution in [0.4, 0.5) is 0 Å². The minimum Gasteiger partial charge on any atom is -0.495 e. The molecule has 0 fully saturated rings. The lowest BCUT2D eigenvalue weighted by atomic mass is 10.0. The van der Waals surface area contributed by atoms with Crippen molar-refractivity contribution in [2.24, 2.45) is 0 Å². The van der Waals surface area contributed by atoms with Gasteiger partial charge in [0.25, 0.3) is 0 Å². The quantitative estimate of drug-likeness (QED) is 0.837. The molecule has 0 saturated carbocycles. The molecule has 1 aliphatic rings. The summed E-state index contributed by atoms with van der Waals surface area (Å²) in [6, 6.07) is 5.52. The number of ether oxygens (including phenoxy) is 1. The number of hydrogen-bond acceptors (Lipinski definition) is 2. The molecule has 80 valence electrons. The van der Waals surface area contributed by atoms with Crippen molar-refractivity contribution in [3.8, 4) is 0 Å². The molecule has 1 atom stereocenters. The number of aliphatic hydroxyl groups excluding tert-OH is 1. The molecule has 0 saturated heterocycles. The molecular formula is C12H13ClO2. The Hall–Kier alpha value is -0.990. The molecule has 0 amide bonds. The lowest BCUT2D eigenvalue weighted by molar-refractivity contribution is 0.118. The normalized spacial score (nSPS) is 17.1. The Morgan fingerprint density at radius 2 is 2.27 bits per heavy atom. The molecule has 3 heteroatoms. The number of halogens is 1. The third-order valence-electron chi connectivity index (χ3n) is 2.61. The second-order valence-electron chi connectivity index (χ2n) is 3.60. The number of benzene rings is 1. The van der Waals surface area contributed by atoms with E-state index in [1.165, 1.54) is 0 Å². The molecule has 0 radical (unpaired) electrons. The highest BCUT2D eigenvalue weighted by atomic mass is 35.5. The van der Waals surface area contributed by atoms with Crippen molar-refractivity contribution in [3.05, 3.63) is 46.2 Å². The van der Waals surface area contributed by atoms with Gasteiger partial charge in [0.05, 0.1) is 6.61 Å². The van der Waals surface area contributed by atoms with Crippen LogP contribution >= 0.6 is 11.6 Å². The van der Waals surface area contributed by atoms with E-state index in [1.807, 2.05) is 31.2 Å². The summed E-state index contributed by atoms with van der Waals surface area (Å²) in [5.41, 5.74) is 1.72. The Balaban J connectivity index is 2.32. The average Bonchev–Trinajstić information content (AvgIpc) is 2.74. The molecule has 2 rings (SSSR count). The van der Waals surface area contributed by atoms with E-state index in [9.17, 15) is 5.11 Å². The molecular weight excluding hydrogens is 212 g/mol. The van der Waals surface area contributed by atoms with Gasteiger partial charge in [0.2, 0.25) is 0 Å². The fourth-order valence-corrected chi connectivity index (χ4v) is 1.88. The molecule has 1 unspecified atom stereocenters. The van der Waals surface area contributed by atoms with Gasteiger partial charge >= 0.3 is 0 Å². The highest BCUT2D eigenvalue weighted by Crippen LogP contribution is 2.30. The SMILES string of the molecule is Cc1c(Cl)cccc1C(O)C1=CCCO1. The highest BCUT2D eigenvalue weighted by molar-refractivity contribution is 6.31. The maximum atomic E-state index is 10.1. The third kappa shape index (κ3) is 2.01. The van der Waals surface area contributed by atoms with Crippen molar-refractivity contribution >= 4 is 11.6 Å². The lowest BCUT2D eigenvalue weighted by Gasteiger charge is -2.15. The minimum atomic E-state index is -0.689. The number of hydrogen-bond donors (Lipinski definition) is 1. The van der Waals surface area contributed by atoms with Gasteiger partial charge in [0, 0.05) is 11.4 Å². The molecule has 0 bridgehead atoms. The van der Waals surface area contributed by atoms with Gasteiger partial charge in [-0.2, -0.15) is 0 Å². The lowest BCUT2D eigenvalue weighted by Crippen LogP contribution is -2.04. The second-order valence-corrected chi connectivity index (χ2v) is 4.01. The number of rotatable bonds is 2. The molecule has 1 aliphatic heterocycles. The first-order valence-corrected chi connectivity index (χ1v) is 5.34. The summed E-state index contributed by atoms with van der Waals surface area (Å²) < 4.78 is 5.33. The molecule has 1 aromatic rings. The van der Waals surface area contributed by atoms with Gasteiger partial charge in [0.1, 0.15) is 11.9 Å². The van der Waals surface area contributed by atoms with E-state index in [0.29, 0.717) is 17.4 Å². The van der Waals surface area contributed by atoms with Crippen molar-refractivity contribution in [2.45, 2.75) is 19.4 Å². The summed E-state index contributed by atoms with van der Waals surface area (Å²) in [5.74, 6) is 0.639. The first-order chi connectivity index (χ1) is 7.20. The summed E-state index contributed by atoms with van der Waals surface area (Å²) >= 11 is 5.99. The summed E-state index contributed by atoms with van der Waals surface area (Å²) in [4.78, 5) is 0. The summed E-state index contributed by atoms with van der Waals surface area (Å²) in [6.45, 7) is 2.56. The van der Waals surface area contributed by atoms with Gasteiger partial charge < -0.3 is 9.84 Å². The van der Waals surface area contributed by atoms with Gasteiger partial charge in [-0.3, -0.25) is 0 Å². The highest BCUT2D eigenvalue weighted by Gasteiger charge is 2.20. The van der Waals surface area contributed by atoms with E-state index in [0.717, 1.165) is 17.5 Å². The molecule has 15 heavy (non-hydrogen) atoms. The van der Waals surface area contributed by atoms with Gasteiger partial charge in [-0.05, 0) is 30.2 Å². The number of aliphatic hydroxyl groups is 1. The molecule has 1 N–H and O–H groups in total. The summed E-state index contributed by atoms with van der Waals surface area (Å²) in [6.07, 6.45) is 2.10. The minimum absolute atomic E-state index is 0.639. The van der Waals surface area contributed by atoms with Gasteiger partial charge in [-0.15, -0.1) is 0 Å². The van der Waals surface area contributed by atoms with E-state index in [4.69, 9.17) is 16.3 Å². The van der Waals surface area contributed by atoms with Gasteiger partial charge in [0.15, 0.2) is 0 Å². The van der Waals surface area contributed by atoms with E-state index >= 15 is 0 Å². The van der Waals surface area contributed by atoms with Crippen LogP contribution in [0.15, 0.2) is 30.0 Å². The van der Waals surface area contributed by atoms with Crippen LogP contribution in [0.25, 0.3) is 0 Å². The van der Waals surface area contributed by atoms with E-state index in [1.54, 1.807) is 0 Å². The predicted molar refractivity (Wildman–Crippen MR) is 59.8 cm³/mol. The van der Waals surface area contributed by atoms with Crippen molar-refractivity contribution in [1.29, 1.82) is 0 Å². The first kappa shape index (κ1) is 10.5. The van der Waals surface area contributed by atoms with Crippen LogP contribution in [0.3, 0.4) is 0 Å². The Kier molecular flexibility index (Phi) is 2.98. The predicted octanol–water partition coefficient (Wildman–Crippen LogP) is 2.99. The Bertz CT molecular complexity index is 399. The van der Waals surface area contributed by atoms with Gasteiger partial charge in [-0.25, -0.2) is 0 Å². The largest absolute Gasteiger partial charge is 0.495 e. The van der Waals surface area contributed by atoms with Gasteiger partial charge in [-0.1, -0.05) is 23.7 Å². The molecule has 1 aromatic carbocycles. The zero-order valence-electron chi connectivity index (χ0n) is 8.53. The average molecular weight is 225 g/mol. The molecule has 1 heterocycles. The van der Waals surface area contributed by atoms with E-state index < -0.39 is 6.10 Å². The fraction of sp³-hybridized carbons (Fsp3) is 0.333. The summed E-state index contributed by atoms with van der Waals surface area (Å²) in [5, 5.41) is 10.7. The van der Waals surface area contributed by atoms with Crippen molar-refractivity contribution in [3.63, 3.8) is 0 Å². The van der Waals surface area contributed by atoms with E-state index in [-0.39, 0.29) is 0 Å². The third-order valence-corrected chi connectivity index (χ3v) is 3.02. The molecule has 0 aromatic heterocycles. The Morgan fingerprint density at radius 1 is 1.47 bits per heavy atom. The molecule has 0 aliphatic carbocycles. The topological polar surface area (TPSA) is 29.5 Å². The fourth-order valence-electron chi connectivity index (χ4n) is 1.70. The standard InChI is InChI=1S/C12H13ClO2/c1-8-9(4-2-5-10(8)13)12(14)11-6-3-7-15-11/h2,4-6,12,14H,3,7H2,1H3. The van der Waals surface area contributed by atoms with Crippen LogP contribution < -0.4 is 0 Å². The maximum Gasteiger partial charge on any atom is 0.136 e. The van der Waals surface area contributed by atoms with E-state index in [2.05, 4.69) is 0 Å². The monoisotopic (exact) mass is 224 g/mol. The Morgan fingerprint density at radius 3 is 2.93 bits per heavy atom. The van der Waals surface area contributed by atoms with Crippen molar-refractivity contribution in [1.82, 2.24) is 0 Å². The first-order valence-electron chi connectivity index (χ1n) is 4.96. The van der Waals surface area contributed by atoms with Crippen molar-refractivity contribution in [2.75, 3.05) is 6.61 Å². The van der Waals surface area contributed by atoms with Crippen LogP contribution in [0, 0.1) is 6.92 Å². The molecule has 2 nitrogen and oxygen atoms in total. The van der Waals surface area contributed by atoms with Crippen LogP contribution in [0.1, 0.15) is 23.7 Å².